The van der Waals surface area contributed by atoms with Gasteiger partial charge in [0.05, 0.1) is 14.2 Å². The van der Waals surface area contributed by atoms with Crippen LogP contribution in [-0.2, 0) is 14.8 Å². The minimum Gasteiger partial charge on any atom is -0.497 e. The zero-order valence-electron chi connectivity index (χ0n) is 14.1. The lowest BCUT2D eigenvalue weighted by atomic mass is 10.1. The molecule has 25 heavy (non-hydrogen) atoms. The van der Waals surface area contributed by atoms with Gasteiger partial charge in [0.15, 0.2) is 0 Å². The number of sulfonamides is 1. The van der Waals surface area contributed by atoms with Crippen molar-refractivity contribution in [2.45, 2.75) is 24.2 Å². The van der Waals surface area contributed by atoms with Crippen molar-refractivity contribution < 1.29 is 22.7 Å². The highest BCUT2D eigenvalue weighted by molar-refractivity contribution is 7.91. The highest BCUT2D eigenvalue weighted by Crippen LogP contribution is 2.30. The van der Waals surface area contributed by atoms with Gasteiger partial charge in [0.2, 0.25) is 15.4 Å². The van der Waals surface area contributed by atoms with Gasteiger partial charge in [0.25, 0.3) is 10.0 Å². The second-order valence-electron chi connectivity index (χ2n) is 5.01. The molecule has 0 spiro atoms. The number of hydrogen-bond donors (Lipinski definition) is 2. The molecule has 11 heteroatoms. The van der Waals surface area contributed by atoms with Gasteiger partial charge in [-0.3, -0.25) is 4.79 Å². The summed E-state index contributed by atoms with van der Waals surface area (Å²) in [6.45, 7) is 2.97. The Balaban J connectivity index is 2.25. The van der Waals surface area contributed by atoms with Crippen molar-refractivity contribution in [3.63, 3.8) is 0 Å². The molecule has 0 aliphatic rings. The molecular formula is C14H18N4O5S2. The van der Waals surface area contributed by atoms with E-state index in [0.717, 1.165) is 11.3 Å². The zero-order valence-corrected chi connectivity index (χ0v) is 15.7. The number of hydrogen-bond acceptors (Lipinski definition) is 8. The van der Waals surface area contributed by atoms with Crippen LogP contribution in [0, 0.1) is 0 Å². The highest BCUT2D eigenvalue weighted by Gasteiger charge is 2.25. The third kappa shape index (κ3) is 4.65. The van der Waals surface area contributed by atoms with Crippen LogP contribution in [0.25, 0.3) is 0 Å². The third-order valence-electron chi connectivity index (χ3n) is 3.15. The number of aromatic nitrogens is 2. The summed E-state index contributed by atoms with van der Waals surface area (Å²) in [6.07, 6.45) is 0. The van der Waals surface area contributed by atoms with Gasteiger partial charge in [-0.1, -0.05) is 11.3 Å². The van der Waals surface area contributed by atoms with E-state index in [9.17, 15) is 13.2 Å². The first-order valence-corrected chi connectivity index (χ1v) is 9.42. The van der Waals surface area contributed by atoms with Crippen molar-refractivity contribution in [3.8, 4) is 11.5 Å². The van der Waals surface area contributed by atoms with Crippen LogP contribution >= 0.6 is 11.3 Å². The average Bonchev–Trinajstić information content (AvgIpc) is 3.02. The van der Waals surface area contributed by atoms with Crippen LogP contribution in [0.4, 0.5) is 5.13 Å². The van der Waals surface area contributed by atoms with Gasteiger partial charge in [-0.25, -0.2) is 13.1 Å². The Morgan fingerprint density at radius 3 is 2.56 bits per heavy atom. The summed E-state index contributed by atoms with van der Waals surface area (Å²) in [7, 11) is -0.904. The number of benzene rings is 1. The van der Waals surface area contributed by atoms with E-state index in [1.807, 2.05) is 0 Å². The van der Waals surface area contributed by atoms with Crippen LogP contribution in [0.5, 0.6) is 11.5 Å². The zero-order chi connectivity index (χ0) is 18.6. The molecule has 9 nitrogen and oxygen atoms in total. The molecule has 2 aromatic rings. The maximum atomic E-state index is 12.5. The fourth-order valence-electron chi connectivity index (χ4n) is 2.04. The van der Waals surface area contributed by atoms with E-state index < -0.39 is 16.1 Å². The fraction of sp³-hybridized carbons (Fsp3) is 0.357. The minimum atomic E-state index is -3.92. The molecule has 2 N–H and O–H groups in total. The highest BCUT2D eigenvalue weighted by atomic mass is 32.2. The molecule has 0 radical (unpaired) electrons. The average molecular weight is 386 g/mol. The molecule has 0 fully saturated rings. The number of rotatable bonds is 7. The summed E-state index contributed by atoms with van der Waals surface area (Å²) >= 11 is 0.762. The van der Waals surface area contributed by atoms with Gasteiger partial charge in [0, 0.05) is 18.5 Å². The first kappa shape index (κ1) is 19.1. The Kier molecular flexibility index (Phi) is 5.93. The molecule has 2 rings (SSSR count). The summed E-state index contributed by atoms with van der Waals surface area (Å²) in [6, 6.07) is 4.49. The molecular weight excluding hydrogens is 368 g/mol. The van der Waals surface area contributed by atoms with Crippen molar-refractivity contribution in [1.29, 1.82) is 0 Å². The molecule has 0 saturated carbocycles. The van der Waals surface area contributed by atoms with Crippen LogP contribution in [0.15, 0.2) is 22.5 Å². The molecule has 0 bridgehead atoms. The monoisotopic (exact) mass is 386 g/mol. The van der Waals surface area contributed by atoms with Crippen LogP contribution in [0.2, 0.25) is 0 Å². The van der Waals surface area contributed by atoms with E-state index in [0.29, 0.717) is 17.1 Å². The van der Waals surface area contributed by atoms with Crippen LogP contribution in [0.3, 0.4) is 0 Å². The molecule has 1 amide bonds. The molecule has 0 aliphatic heterocycles. The van der Waals surface area contributed by atoms with E-state index >= 15 is 0 Å². The number of nitrogens with zero attached hydrogens (tertiary/aromatic N) is 2. The van der Waals surface area contributed by atoms with E-state index in [4.69, 9.17) is 9.47 Å². The van der Waals surface area contributed by atoms with Crippen molar-refractivity contribution in [2.75, 3.05) is 19.5 Å². The van der Waals surface area contributed by atoms with Gasteiger partial charge >= 0.3 is 0 Å². The number of anilines is 1. The van der Waals surface area contributed by atoms with E-state index in [1.165, 1.54) is 21.1 Å². The lowest BCUT2D eigenvalue weighted by Gasteiger charge is -2.17. The predicted molar refractivity (Wildman–Crippen MR) is 92.5 cm³/mol. The third-order valence-corrected chi connectivity index (χ3v) is 5.90. The Bertz CT molecular complexity index is 866. The molecule has 0 aliphatic carbocycles. The first-order chi connectivity index (χ1) is 11.8. The maximum absolute atomic E-state index is 12.5. The van der Waals surface area contributed by atoms with Gasteiger partial charge in [0.1, 0.15) is 11.5 Å². The summed E-state index contributed by atoms with van der Waals surface area (Å²) in [5.74, 6) is 0.737. The smallest absolute Gasteiger partial charge is 0.270 e. The van der Waals surface area contributed by atoms with E-state index in [2.05, 4.69) is 20.2 Å². The van der Waals surface area contributed by atoms with E-state index in [-0.39, 0.29) is 15.4 Å². The van der Waals surface area contributed by atoms with Crippen molar-refractivity contribution in [1.82, 2.24) is 14.9 Å². The second-order valence-corrected chi connectivity index (χ2v) is 7.87. The Labute approximate surface area is 149 Å². The molecule has 1 aromatic carbocycles. The number of carbonyl (C=O) groups excluding carboxylic acids is 1. The van der Waals surface area contributed by atoms with Gasteiger partial charge < -0.3 is 14.8 Å². The van der Waals surface area contributed by atoms with Crippen LogP contribution in [0.1, 0.15) is 25.5 Å². The lowest BCUT2D eigenvalue weighted by molar-refractivity contribution is -0.114. The van der Waals surface area contributed by atoms with Crippen LogP contribution in [-0.4, -0.2) is 38.7 Å². The summed E-state index contributed by atoms with van der Waals surface area (Å²) in [4.78, 5) is 11.0. The maximum Gasteiger partial charge on any atom is 0.270 e. The van der Waals surface area contributed by atoms with Gasteiger partial charge in [-0.2, -0.15) is 0 Å². The second kappa shape index (κ2) is 7.76. The first-order valence-electron chi connectivity index (χ1n) is 7.12. The predicted octanol–water partition coefficient (Wildman–Crippen LogP) is 1.55. The molecule has 1 atom stereocenters. The Hall–Kier alpha value is -2.24. The normalized spacial score (nSPS) is 12.5. The number of ether oxygens (including phenoxy) is 2. The van der Waals surface area contributed by atoms with Crippen molar-refractivity contribution in [3.05, 3.63) is 23.8 Å². The number of nitrogens with one attached hydrogen (secondary N) is 2. The largest absolute Gasteiger partial charge is 0.497 e. The quantitative estimate of drug-likeness (QED) is 0.693. The molecule has 136 valence electrons. The lowest BCUT2D eigenvalue weighted by Crippen LogP contribution is -2.27. The summed E-state index contributed by atoms with van der Waals surface area (Å²) < 4.78 is 37.7. The standard InChI is InChI=1S/C14H18N4O5S2/c1-8(11-7-10(22-3)5-6-12(11)23-4)18-25(20,21)14-17-16-13(24-14)15-9(2)19/h5-8,18H,1-4H3,(H,15,16,19)/t8-/m1/s1. The topological polar surface area (TPSA) is 120 Å². The minimum absolute atomic E-state index is 0.111. The summed E-state index contributed by atoms with van der Waals surface area (Å²) in [5, 5.41) is 9.75. The fourth-order valence-corrected chi connectivity index (χ4v) is 4.23. The molecule has 1 heterocycles. The number of carbonyl (C=O) groups is 1. The SMILES string of the molecule is COc1ccc(OC)c([C@@H](C)NS(=O)(=O)c2nnc(NC(C)=O)s2)c1. The van der Waals surface area contributed by atoms with Gasteiger partial charge in [-0.05, 0) is 25.1 Å². The summed E-state index contributed by atoms with van der Waals surface area (Å²) in [5.41, 5.74) is 0.608. The number of methoxy groups -OCH3 is 2. The van der Waals surface area contributed by atoms with E-state index in [1.54, 1.807) is 25.1 Å². The Morgan fingerprint density at radius 1 is 1.24 bits per heavy atom. The van der Waals surface area contributed by atoms with Gasteiger partial charge in [-0.15, -0.1) is 10.2 Å². The molecule has 0 unspecified atom stereocenters. The Morgan fingerprint density at radius 2 is 1.96 bits per heavy atom. The molecule has 0 saturated heterocycles. The van der Waals surface area contributed by atoms with Crippen molar-refractivity contribution >= 4 is 32.4 Å². The number of amides is 1. The van der Waals surface area contributed by atoms with Crippen LogP contribution < -0.4 is 19.5 Å². The van der Waals surface area contributed by atoms with Crippen molar-refractivity contribution in [2.24, 2.45) is 0 Å². The molecule has 1 aromatic heterocycles.